The van der Waals surface area contributed by atoms with Crippen LogP contribution in [-0.4, -0.2) is 42.7 Å². The van der Waals surface area contributed by atoms with Crippen molar-refractivity contribution in [3.63, 3.8) is 0 Å². The molecule has 13 heteroatoms. The second-order valence-corrected chi connectivity index (χ2v) is 10.7. The molecule has 1 saturated heterocycles. The first kappa shape index (κ1) is 24.3. The Bertz CT molecular complexity index is 1400. The largest absolute Gasteiger partial charge is 0.421 e. The van der Waals surface area contributed by atoms with E-state index in [-0.39, 0.29) is 18.3 Å². The summed E-state index contributed by atoms with van der Waals surface area (Å²) in [5, 5.41) is 9.12. The number of sulfonamides is 1. The Labute approximate surface area is 206 Å². The fraction of sp³-hybridized carbons (Fsp3) is 0.348. The van der Waals surface area contributed by atoms with Crippen molar-refractivity contribution in [2.75, 3.05) is 34.7 Å². The van der Waals surface area contributed by atoms with Crippen molar-refractivity contribution < 1.29 is 21.6 Å². The Hall–Kier alpha value is -3.45. The van der Waals surface area contributed by atoms with Gasteiger partial charge in [0.05, 0.1) is 6.26 Å². The molecule has 36 heavy (non-hydrogen) atoms. The van der Waals surface area contributed by atoms with Crippen molar-refractivity contribution in [1.82, 2.24) is 20.3 Å². The van der Waals surface area contributed by atoms with Gasteiger partial charge in [-0.2, -0.15) is 18.2 Å². The number of anilines is 4. The summed E-state index contributed by atoms with van der Waals surface area (Å²) >= 11 is 0. The van der Waals surface area contributed by atoms with Crippen LogP contribution in [0, 0.1) is 0 Å². The van der Waals surface area contributed by atoms with Crippen molar-refractivity contribution >= 4 is 33.3 Å². The van der Waals surface area contributed by atoms with E-state index in [2.05, 4.69) is 41.7 Å². The minimum atomic E-state index is -4.69. The molecular formula is C23H24F3N7O2S. The molecule has 5 rings (SSSR count). The molecule has 1 aliphatic heterocycles. The highest BCUT2D eigenvalue weighted by Gasteiger charge is 2.36. The van der Waals surface area contributed by atoms with Crippen molar-refractivity contribution in [3.05, 3.63) is 65.0 Å². The third-order valence-electron chi connectivity index (χ3n) is 6.29. The standard InChI is InChI=1S/C23H24F3N7O2S/c1-36(34,35)33-20-13(3-2-6-28-20)11-29-21-19(23(24,25)26)12-30-22(32-21)31-16-4-5-17-14-7-15(10-27-9-14)18(17)8-16/h2-6,8,12,14-15,27H,7,9-11H2,1H3,(H,28,33)(H2,29,30,31,32). The summed E-state index contributed by atoms with van der Waals surface area (Å²) in [6.07, 6.45) is -0.527. The van der Waals surface area contributed by atoms with Gasteiger partial charge in [0.1, 0.15) is 17.2 Å². The van der Waals surface area contributed by atoms with Gasteiger partial charge in [-0.3, -0.25) is 4.72 Å². The lowest BCUT2D eigenvalue weighted by atomic mass is 9.98. The minimum Gasteiger partial charge on any atom is -0.365 e. The van der Waals surface area contributed by atoms with Gasteiger partial charge in [-0.15, -0.1) is 0 Å². The smallest absolute Gasteiger partial charge is 0.365 e. The molecule has 1 aliphatic carbocycles. The van der Waals surface area contributed by atoms with E-state index in [1.165, 1.54) is 17.3 Å². The van der Waals surface area contributed by atoms with Gasteiger partial charge in [-0.1, -0.05) is 12.1 Å². The summed E-state index contributed by atoms with van der Waals surface area (Å²) < 4.78 is 66.5. The number of halogens is 3. The third kappa shape index (κ3) is 5.21. The first-order chi connectivity index (χ1) is 17.1. The summed E-state index contributed by atoms with van der Waals surface area (Å²) in [6.45, 7) is 1.70. The van der Waals surface area contributed by atoms with E-state index < -0.39 is 27.6 Å². The van der Waals surface area contributed by atoms with Gasteiger partial charge in [0, 0.05) is 43.3 Å². The maximum absolute atomic E-state index is 13.7. The van der Waals surface area contributed by atoms with E-state index in [4.69, 9.17) is 0 Å². The van der Waals surface area contributed by atoms with Crippen molar-refractivity contribution in [2.24, 2.45) is 0 Å². The third-order valence-corrected chi connectivity index (χ3v) is 6.85. The van der Waals surface area contributed by atoms with Gasteiger partial charge in [0.25, 0.3) is 0 Å². The van der Waals surface area contributed by atoms with Crippen molar-refractivity contribution in [2.45, 2.75) is 31.0 Å². The fourth-order valence-corrected chi connectivity index (χ4v) is 5.27. The molecule has 9 nitrogen and oxygen atoms in total. The summed E-state index contributed by atoms with van der Waals surface area (Å²) in [7, 11) is -3.63. The number of pyridine rings is 1. The monoisotopic (exact) mass is 519 g/mol. The lowest BCUT2D eigenvalue weighted by molar-refractivity contribution is -0.137. The highest BCUT2D eigenvalue weighted by molar-refractivity contribution is 7.92. The first-order valence-electron chi connectivity index (χ1n) is 11.3. The molecule has 2 atom stereocenters. The van der Waals surface area contributed by atoms with Gasteiger partial charge >= 0.3 is 6.18 Å². The number of hydrogen-bond donors (Lipinski definition) is 4. The van der Waals surface area contributed by atoms with Crippen LogP contribution in [0.15, 0.2) is 42.7 Å². The Morgan fingerprint density at radius 3 is 2.61 bits per heavy atom. The van der Waals surface area contributed by atoms with Crippen LogP contribution < -0.4 is 20.7 Å². The predicted octanol–water partition coefficient (Wildman–Crippen LogP) is 3.79. The highest BCUT2D eigenvalue weighted by Crippen LogP contribution is 2.44. The van der Waals surface area contributed by atoms with Gasteiger partial charge in [-0.05, 0) is 47.6 Å². The molecule has 2 aromatic heterocycles. The molecule has 0 amide bonds. The number of fused-ring (bicyclic) bond motifs is 5. The second kappa shape index (κ2) is 9.21. The van der Waals surface area contributed by atoms with Crippen LogP contribution in [0.4, 0.5) is 36.4 Å². The average Bonchev–Trinajstić information content (AvgIpc) is 3.05. The fourth-order valence-electron chi connectivity index (χ4n) is 4.73. The van der Waals surface area contributed by atoms with Gasteiger partial charge in [0.2, 0.25) is 16.0 Å². The summed E-state index contributed by atoms with van der Waals surface area (Å²) in [5.74, 6) is 0.493. The van der Waals surface area contributed by atoms with Crippen molar-refractivity contribution in [3.8, 4) is 0 Å². The maximum Gasteiger partial charge on any atom is 0.421 e. The summed E-state index contributed by atoms with van der Waals surface area (Å²) in [6, 6.07) is 9.06. The van der Waals surface area contributed by atoms with Crippen LogP contribution in [-0.2, 0) is 22.7 Å². The zero-order chi connectivity index (χ0) is 25.5. The topological polar surface area (TPSA) is 121 Å². The quantitative estimate of drug-likeness (QED) is 0.372. The van der Waals surface area contributed by atoms with E-state index in [0.29, 0.717) is 23.1 Å². The van der Waals surface area contributed by atoms with E-state index in [1.54, 1.807) is 12.1 Å². The van der Waals surface area contributed by atoms with E-state index >= 15 is 0 Å². The SMILES string of the molecule is CS(=O)(=O)Nc1ncccc1CNc1nc(Nc2ccc3c(c2)C2CNCC3C2)ncc1C(F)(F)F. The van der Waals surface area contributed by atoms with Crippen LogP contribution in [0.5, 0.6) is 0 Å². The molecule has 2 unspecified atom stereocenters. The zero-order valence-corrected chi connectivity index (χ0v) is 20.0. The van der Waals surface area contributed by atoms with Gasteiger partial charge in [-0.25, -0.2) is 18.4 Å². The number of nitrogens with zero attached hydrogens (tertiary/aromatic N) is 3. The van der Waals surface area contributed by atoms with Crippen LogP contribution >= 0.6 is 0 Å². The predicted molar refractivity (Wildman–Crippen MR) is 130 cm³/mol. The number of benzene rings is 1. The van der Waals surface area contributed by atoms with E-state index in [9.17, 15) is 21.6 Å². The Morgan fingerprint density at radius 2 is 1.86 bits per heavy atom. The lowest BCUT2D eigenvalue weighted by Gasteiger charge is -2.19. The normalized spacial score (nSPS) is 19.0. The van der Waals surface area contributed by atoms with Crippen LogP contribution in [0.25, 0.3) is 0 Å². The van der Waals surface area contributed by atoms with Crippen molar-refractivity contribution in [1.29, 1.82) is 0 Å². The van der Waals surface area contributed by atoms with Gasteiger partial charge < -0.3 is 16.0 Å². The van der Waals surface area contributed by atoms with E-state index in [1.807, 2.05) is 12.1 Å². The Kier molecular flexibility index (Phi) is 6.20. The summed E-state index contributed by atoms with van der Waals surface area (Å²) in [4.78, 5) is 11.9. The second-order valence-electron chi connectivity index (χ2n) is 8.95. The molecule has 190 valence electrons. The highest BCUT2D eigenvalue weighted by atomic mass is 32.2. The zero-order valence-electron chi connectivity index (χ0n) is 19.2. The molecule has 2 bridgehead atoms. The number of nitrogens with one attached hydrogen (secondary N) is 4. The average molecular weight is 520 g/mol. The first-order valence-corrected chi connectivity index (χ1v) is 13.2. The molecule has 3 heterocycles. The Morgan fingerprint density at radius 1 is 1.08 bits per heavy atom. The summed E-state index contributed by atoms with van der Waals surface area (Å²) in [5.41, 5.74) is 2.55. The molecule has 0 spiro atoms. The maximum atomic E-state index is 13.7. The number of alkyl halides is 3. The molecule has 2 aliphatic rings. The molecule has 3 aromatic rings. The molecule has 1 fully saturated rings. The Balaban J connectivity index is 1.40. The van der Waals surface area contributed by atoms with Crippen LogP contribution in [0.3, 0.4) is 0 Å². The number of aromatic nitrogens is 3. The van der Waals surface area contributed by atoms with Crippen LogP contribution in [0.1, 0.15) is 40.5 Å². The van der Waals surface area contributed by atoms with E-state index in [0.717, 1.165) is 32.0 Å². The number of piperidine rings is 1. The molecule has 0 saturated carbocycles. The molecular weight excluding hydrogens is 495 g/mol. The molecule has 1 aromatic carbocycles. The molecule has 4 N–H and O–H groups in total. The van der Waals surface area contributed by atoms with Crippen LogP contribution in [0.2, 0.25) is 0 Å². The number of rotatable bonds is 7. The molecule has 0 radical (unpaired) electrons. The number of hydrogen-bond acceptors (Lipinski definition) is 8. The van der Waals surface area contributed by atoms with Gasteiger partial charge in [0.15, 0.2) is 0 Å². The minimum absolute atomic E-state index is 0.00483. The lowest BCUT2D eigenvalue weighted by Crippen LogP contribution is -2.28.